The third-order valence-electron chi connectivity index (χ3n) is 6.95. The molecule has 1 aliphatic carbocycles. The van der Waals surface area contributed by atoms with Crippen LogP contribution >= 0.6 is 0 Å². The normalized spacial score (nSPS) is 24.2. The fourth-order valence-electron chi connectivity index (χ4n) is 4.89. The second-order valence-electron chi connectivity index (χ2n) is 9.32. The number of nitrogens with one attached hydrogen (secondary N) is 1. The molecule has 0 bridgehead atoms. The van der Waals surface area contributed by atoms with Crippen LogP contribution < -0.4 is 15.0 Å². The van der Waals surface area contributed by atoms with Crippen molar-refractivity contribution in [1.29, 1.82) is 0 Å². The SMILES string of the molecule is O=C1OCCCCN1c1ccc(OCCN2CCC(N[C@@H]3C[C@H]3c3ccccc3)CC2)cn1. The predicted molar refractivity (Wildman–Crippen MR) is 128 cm³/mol. The molecule has 2 aliphatic heterocycles. The first-order valence-electron chi connectivity index (χ1n) is 12.3. The van der Waals surface area contributed by atoms with Crippen LogP contribution in [0.1, 0.15) is 43.6 Å². The van der Waals surface area contributed by atoms with E-state index in [2.05, 4.69) is 45.5 Å². The first-order valence-corrected chi connectivity index (χ1v) is 12.3. The van der Waals surface area contributed by atoms with Gasteiger partial charge >= 0.3 is 6.09 Å². The first-order chi connectivity index (χ1) is 16.3. The van der Waals surface area contributed by atoms with Crippen LogP contribution in [0.4, 0.5) is 10.6 Å². The summed E-state index contributed by atoms with van der Waals surface area (Å²) in [6.07, 6.45) is 6.86. The van der Waals surface area contributed by atoms with Crippen molar-refractivity contribution < 1.29 is 14.3 Å². The van der Waals surface area contributed by atoms with Crippen LogP contribution in [0, 0.1) is 0 Å². The third kappa shape index (κ3) is 5.84. The Kier molecular flexibility index (Phi) is 7.07. The van der Waals surface area contributed by atoms with Gasteiger partial charge in [-0.15, -0.1) is 0 Å². The molecule has 1 saturated carbocycles. The molecule has 7 nitrogen and oxygen atoms in total. The van der Waals surface area contributed by atoms with Crippen LogP contribution in [-0.2, 0) is 4.74 Å². The topological polar surface area (TPSA) is 66.9 Å². The zero-order valence-corrected chi connectivity index (χ0v) is 19.2. The third-order valence-corrected chi connectivity index (χ3v) is 6.95. The first kappa shape index (κ1) is 22.2. The van der Waals surface area contributed by atoms with Gasteiger partial charge in [-0.2, -0.15) is 0 Å². The zero-order valence-electron chi connectivity index (χ0n) is 19.2. The Morgan fingerprint density at radius 2 is 1.91 bits per heavy atom. The number of amides is 1. The average Bonchev–Trinajstić information content (AvgIpc) is 3.65. The van der Waals surface area contributed by atoms with Crippen LogP contribution in [0.3, 0.4) is 0 Å². The van der Waals surface area contributed by atoms with E-state index in [9.17, 15) is 4.79 Å². The highest BCUT2D eigenvalue weighted by molar-refractivity contribution is 5.86. The molecule has 33 heavy (non-hydrogen) atoms. The Morgan fingerprint density at radius 1 is 1.06 bits per heavy atom. The number of carbonyl (C=O) groups excluding carboxylic acids is 1. The minimum Gasteiger partial charge on any atom is -0.491 e. The van der Waals surface area contributed by atoms with Crippen LogP contribution in [-0.4, -0.2) is 67.5 Å². The van der Waals surface area contributed by atoms with Gasteiger partial charge < -0.3 is 14.8 Å². The number of anilines is 1. The summed E-state index contributed by atoms with van der Waals surface area (Å²) in [5.41, 5.74) is 1.47. The summed E-state index contributed by atoms with van der Waals surface area (Å²) < 4.78 is 11.1. The van der Waals surface area contributed by atoms with Gasteiger partial charge in [-0.25, -0.2) is 9.78 Å². The van der Waals surface area contributed by atoms with Crippen molar-refractivity contribution in [3.05, 3.63) is 54.2 Å². The summed E-state index contributed by atoms with van der Waals surface area (Å²) in [5.74, 6) is 2.05. The molecule has 2 saturated heterocycles. The standard InChI is InChI=1S/C26H34N4O3/c31-26-30(12-4-5-16-33-26)25-9-8-22(19-27-25)32-17-15-29-13-10-21(11-14-29)28-24-18-23(24)20-6-2-1-3-7-20/h1-3,6-9,19,21,23-24,28H,4-5,10-18H2/t23-,24+/m0/s1. The number of likely N-dealkylation sites (tertiary alicyclic amines) is 1. The second kappa shape index (κ2) is 10.5. The molecule has 1 amide bonds. The molecular formula is C26H34N4O3. The van der Waals surface area contributed by atoms with Gasteiger partial charge in [0.15, 0.2) is 0 Å². The number of aromatic nitrogens is 1. The van der Waals surface area contributed by atoms with Gasteiger partial charge in [-0.3, -0.25) is 9.80 Å². The Balaban J connectivity index is 0.997. The van der Waals surface area contributed by atoms with Gasteiger partial charge in [0, 0.05) is 31.1 Å². The van der Waals surface area contributed by atoms with Crippen molar-refractivity contribution in [2.24, 2.45) is 0 Å². The summed E-state index contributed by atoms with van der Waals surface area (Å²) in [6, 6.07) is 15.9. The maximum absolute atomic E-state index is 12.0. The summed E-state index contributed by atoms with van der Waals surface area (Å²) >= 11 is 0. The molecule has 3 fully saturated rings. The van der Waals surface area contributed by atoms with Gasteiger partial charge in [0.25, 0.3) is 0 Å². The monoisotopic (exact) mass is 450 g/mol. The van der Waals surface area contributed by atoms with Crippen LogP contribution in [0.25, 0.3) is 0 Å². The van der Waals surface area contributed by atoms with Gasteiger partial charge in [-0.05, 0) is 62.9 Å². The smallest absolute Gasteiger partial charge is 0.415 e. The predicted octanol–water partition coefficient (Wildman–Crippen LogP) is 3.81. The molecule has 1 N–H and O–H groups in total. The van der Waals surface area contributed by atoms with E-state index in [0.29, 0.717) is 43.6 Å². The summed E-state index contributed by atoms with van der Waals surface area (Å²) in [7, 11) is 0. The van der Waals surface area contributed by atoms with E-state index >= 15 is 0 Å². The summed E-state index contributed by atoms with van der Waals surface area (Å²) in [4.78, 5) is 20.5. The number of hydrogen-bond acceptors (Lipinski definition) is 6. The molecule has 2 aromatic rings. The number of hydrogen-bond donors (Lipinski definition) is 1. The molecule has 176 valence electrons. The number of carbonyl (C=O) groups is 1. The lowest BCUT2D eigenvalue weighted by Gasteiger charge is -2.32. The fourth-order valence-corrected chi connectivity index (χ4v) is 4.89. The lowest BCUT2D eigenvalue weighted by molar-refractivity contribution is 0.158. The summed E-state index contributed by atoms with van der Waals surface area (Å²) in [5, 5.41) is 3.88. The molecule has 7 heteroatoms. The number of nitrogens with zero attached hydrogens (tertiary/aromatic N) is 3. The number of ether oxygens (including phenoxy) is 2. The molecule has 1 aromatic carbocycles. The van der Waals surface area contributed by atoms with Crippen LogP contribution in [0.15, 0.2) is 48.7 Å². The minimum atomic E-state index is -0.316. The largest absolute Gasteiger partial charge is 0.491 e. The minimum absolute atomic E-state index is 0.316. The van der Waals surface area contributed by atoms with E-state index in [4.69, 9.17) is 9.47 Å². The molecule has 2 atom stereocenters. The maximum atomic E-state index is 12.0. The lowest BCUT2D eigenvalue weighted by Crippen LogP contribution is -2.44. The zero-order chi connectivity index (χ0) is 22.5. The number of benzene rings is 1. The van der Waals surface area contributed by atoms with E-state index in [0.717, 1.165) is 38.2 Å². The van der Waals surface area contributed by atoms with Crippen LogP contribution in [0.5, 0.6) is 5.75 Å². The van der Waals surface area contributed by atoms with Gasteiger partial charge in [0.2, 0.25) is 0 Å². The molecule has 0 radical (unpaired) electrons. The number of cyclic esters (lactones) is 1. The number of piperidine rings is 1. The van der Waals surface area contributed by atoms with E-state index < -0.39 is 0 Å². The highest BCUT2D eigenvalue weighted by Gasteiger charge is 2.39. The van der Waals surface area contributed by atoms with Crippen molar-refractivity contribution in [1.82, 2.24) is 15.2 Å². The Hall–Kier alpha value is -2.64. The molecule has 0 unspecified atom stereocenters. The van der Waals surface area contributed by atoms with Crippen LogP contribution in [0.2, 0.25) is 0 Å². The lowest BCUT2D eigenvalue weighted by atomic mass is 10.0. The molecule has 3 heterocycles. The van der Waals surface area contributed by atoms with E-state index in [1.54, 1.807) is 11.1 Å². The Morgan fingerprint density at radius 3 is 2.70 bits per heavy atom. The molecule has 5 rings (SSSR count). The highest BCUT2D eigenvalue weighted by Crippen LogP contribution is 2.41. The van der Waals surface area contributed by atoms with Crippen molar-refractivity contribution in [2.75, 3.05) is 44.3 Å². The molecule has 3 aliphatic rings. The van der Waals surface area contributed by atoms with Crippen molar-refractivity contribution in [3.8, 4) is 5.75 Å². The van der Waals surface area contributed by atoms with E-state index in [-0.39, 0.29) is 6.09 Å². The average molecular weight is 451 g/mol. The van der Waals surface area contributed by atoms with Crippen molar-refractivity contribution in [3.63, 3.8) is 0 Å². The van der Waals surface area contributed by atoms with Gasteiger partial charge in [0.1, 0.15) is 18.2 Å². The molecular weight excluding hydrogens is 416 g/mol. The Labute approximate surface area is 196 Å². The highest BCUT2D eigenvalue weighted by atomic mass is 16.6. The summed E-state index contributed by atoms with van der Waals surface area (Å²) in [6.45, 7) is 4.91. The van der Waals surface area contributed by atoms with Crippen molar-refractivity contribution >= 4 is 11.9 Å². The molecule has 0 spiro atoms. The second-order valence-corrected chi connectivity index (χ2v) is 9.32. The maximum Gasteiger partial charge on any atom is 0.415 e. The molecule has 1 aromatic heterocycles. The van der Waals surface area contributed by atoms with E-state index in [1.807, 2.05) is 12.1 Å². The van der Waals surface area contributed by atoms with E-state index in [1.165, 1.54) is 24.8 Å². The van der Waals surface area contributed by atoms with Gasteiger partial charge in [-0.1, -0.05) is 30.3 Å². The Bertz CT molecular complexity index is 900. The van der Waals surface area contributed by atoms with Crippen molar-refractivity contribution in [2.45, 2.75) is 50.1 Å². The fraction of sp³-hybridized carbons (Fsp3) is 0.538. The van der Waals surface area contributed by atoms with Gasteiger partial charge in [0.05, 0.1) is 12.8 Å². The number of rotatable bonds is 8. The number of pyridine rings is 1. The quantitative estimate of drug-likeness (QED) is 0.660.